The van der Waals surface area contributed by atoms with Gasteiger partial charge in [-0.1, -0.05) is 31.9 Å². The number of hydrogen-bond acceptors (Lipinski definition) is 5. The SMILES string of the molecule is C=Cc1cc2c(cc1C(=O)N(C(C)C)C1CCCCC1)N(CCCCOC)C(=O)C1(CCOCC1)O2. The molecule has 0 aromatic heterocycles. The molecule has 2 aliphatic heterocycles. The van der Waals surface area contributed by atoms with Gasteiger partial charge in [0.25, 0.3) is 11.8 Å². The van der Waals surface area contributed by atoms with Crippen LogP contribution in [0.25, 0.3) is 6.08 Å². The molecule has 7 heteroatoms. The van der Waals surface area contributed by atoms with Crippen molar-refractivity contribution in [1.82, 2.24) is 4.90 Å². The second-order valence-corrected chi connectivity index (χ2v) is 10.6. The van der Waals surface area contributed by atoms with Gasteiger partial charge in [0.15, 0.2) is 5.60 Å². The summed E-state index contributed by atoms with van der Waals surface area (Å²) in [6.45, 7) is 10.4. The van der Waals surface area contributed by atoms with Gasteiger partial charge in [-0.25, -0.2) is 0 Å². The van der Waals surface area contributed by atoms with Crippen LogP contribution in [0.5, 0.6) is 5.75 Å². The highest BCUT2D eigenvalue weighted by molar-refractivity contribution is 6.06. The summed E-state index contributed by atoms with van der Waals surface area (Å²) < 4.78 is 17.2. The molecule has 0 bridgehead atoms. The van der Waals surface area contributed by atoms with E-state index in [1.165, 1.54) is 6.42 Å². The first-order chi connectivity index (χ1) is 17.4. The van der Waals surface area contributed by atoms with E-state index in [2.05, 4.69) is 20.4 Å². The van der Waals surface area contributed by atoms with E-state index in [1.54, 1.807) is 13.2 Å². The van der Waals surface area contributed by atoms with Gasteiger partial charge in [-0.15, -0.1) is 0 Å². The van der Waals surface area contributed by atoms with Crippen molar-refractivity contribution in [3.05, 3.63) is 29.8 Å². The molecular weight excluding hydrogens is 456 g/mol. The van der Waals surface area contributed by atoms with E-state index in [0.717, 1.165) is 44.1 Å². The summed E-state index contributed by atoms with van der Waals surface area (Å²) in [4.78, 5) is 31.8. The van der Waals surface area contributed by atoms with Gasteiger partial charge in [0.2, 0.25) is 0 Å². The fourth-order valence-electron chi connectivity index (χ4n) is 5.92. The third-order valence-corrected chi connectivity index (χ3v) is 7.85. The van der Waals surface area contributed by atoms with Gasteiger partial charge in [-0.2, -0.15) is 0 Å². The first-order valence-corrected chi connectivity index (χ1v) is 13.6. The molecule has 1 aliphatic carbocycles. The van der Waals surface area contributed by atoms with Gasteiger partial charge >= 0.3 is 0 Å². The maximum absolute atomic E-state index is 14.0. The van der Waals surface area contributed by atoms with Crippen molar-refractivity contribution in [2.75, 3.05) is 38.4 Å². The lowest BCUT2D eigenvalue weighted by Crippen LogP contribution is -2.58. The van der Waals surface area contributed by atoms with Crippen molar-refractivity contribution < 1.29 is 23.8 Å². The van der Waals surface area contributed by atoms with Crippen LogP contribution in [0, 0.1) is 0 Å². The quantitative estimate of drug-likeness (QED) is 0.437. The maximum Gasteiger partial charge on any atom is 0.271 e. The van der Waals surface area contributed by atoms with Gasteiger partial charge in [0, 0.05) is 50.8 Å². The number of fused-ring (bicyclic) bond motifs is 1. The first-order valence-electron chi connectivity index (χ1n) is 13.6. The zero-order valence-electron chi connectivity index (χ0n) is 22.2. The number of unbranched alkanes of at least 4 members (excludes halogenated alkanes) is 1. The van der Waals surface area contributed by atoms with Crippen molar-refractivity contribution >= 4 is 23.6 Å². The monoisotopic (exact) mass is 498 g/mol. The number of anilines is 1. The third-order valence-electron chi connectivity index (χ3n) is 7.85. The van der Waals surface area contributed by atoms with Crippen LogP contribution in [0.15, 0.2) is 18.7 Å². The van der Waals surface area contributed by atoms with Crippen molar-refractivity contribution in [3.8, 4) is 5.75 Å². The number of rotatable bonds is 9. The fraction of sp³-hybridized carbons (Fsp3) is 0.655. The number of hydrogen-bond donors (Lipinski definition) is 0. The highest BCUT2D eigenvalue weighted by Gasteiger charge is 2.49. The Morgan fingerprint density at radius 1 is 1.22 bits per heavy atom. The standard InChI is InChI=1S/C29H42N2O5/c1-5-22-19-26-25(20-24(22)27(32)31(21(2)3)23-11-7-6-8-12-23)30(15-9-10-16-34-4)28(33)29(36-26)13-17-35-18-14-29/h5,19-21,23H,1,6-18H2,2-4H3. The largest absolute Gasteiger partial charge is 0.475 e. The number of carbonyl (C=O) groups is 2. The molecule has 0 radical (unpaired) electrons. The molecule has 0 N–H and O–H groups in total. The van der Waals surface area contributed by atoms with E-state index in [0.29, 0.717) is 56.2 Å². The lowest BCUT2D eigenvalue weighted by Gasteiger charge is -2.45. The minimum Gasteiger partial charge on any atom is -0.475 e. The maximum atomic E-state index is 14.0. The topological polar surface area (TPSA) is 68.3 Å². The zero-order chi connectivity index (χ0) is 25.7. The average Bonchev–Trinajstić information content (AvgIpc) is 2.89. The Kier molecular flexibility index (Phi) is 8.73. The van der Waals surface area contributed by atoms with E-state index in [-0.39, 0.29) is 23.9 Å². The summed E-state index contributed by atoms with van der Waals surface area (Å²) in [5.74, 6) is 0.615. The highest BCUT2D eigenvalue weighted by Crippen LogP contribution is 2.44. The van der Waals surface area contributed by atoms with Crippen molar-refractivity contribution in [2.24, 2.45) is 0 Å². The number of nitrogens with zero attached hydrogens (tertiary/aromatic N) is 2. The Balaban J connectivity index is 1.73. The van der Waals surface area contributed by atoms with E-state index >= 15 is 0 Å². The molecule has 1 saturated carbocycles. The Labute approximate surface area is 215 Å². The van der Waals surface area contributed by atoms with Gasteiger partial charge < -0.3 is 24.0 Å². The van der Waals surface area contributed by atoms with E-state index in [9.17, 15) is 9.59 Å². The van der Waals surface area contributed by atoms with Crippen LogP contribution >= 0.6 is 0 Å². The normalized spacial score (nSPS) is 19.8. The van der Waals surface area contributed by atoms with E-state index < -0.39 is 5.60 Å². The third kappa shape index (κ3) is 5.32. The number of benzene rings is 1. The lowest BCUT2D eigenvalue weighted by atomic mass is 9.89. The molecule has 7 nitrogen and oxygen atoms in total. The van der Waals surface area contributed by atoms with Gasteiger partial charge in [-0.05, 0) is 57.2 Å². The molecule has 3 aliphatic rings. The summed E-state index contributed by atoms with van der Waals surface area (Å²) in [5, 5.41) is 0. The lowest BCUT2D eigenvalue weighted by molar-refractivity contribution is -0.144. The van der Waals surface area contributed by atoms with Crippen molar-refractivity contribution in [2.45, 2.75) is 89.3 Å². The Morgan fingerprint density at radius 3 is 2.58 bits per heavy atom. The van der Waals surface area contributed by atoms with Crippen LogP contribution in [0.3, 0.4) is 0 Å². The number of ether oxygens (including phenoxy) is 3. The summed E-state index contributed by atoms with van der Waals surface area (Å²) in [6, 6.07) is 4.10. The first kappa shape index (κ1) is 26.7. The fourth-order valence-corrected chi connectivity index (χ4v) is 5.92. The van der Waals surface area contributed by atoms with Gasteiger partial charge in [0.1, 0.15) is 5.75 Å². The van der Waals surface area contributed by atoms with Crippen LogP contribution in [0.2, 0.25) is 0 Å². The number of amides is 2. The number of carbonyl (C=O) groups excluding carboxylic acids is 2. The summed E-state index contributed by atoms with van der Waals surface area (Å²) in [7, 11) is 1.69. The second kappa shape index (κ2) is 11.8. The van der Waals surface area contributed by atoms with Gasteiger partial charge in [0.05, 0.1) is 18.9 Å². The minimum atomic E-state index is -0.914. The second-order valence-electron chi connectivity index (χ2n) is 10.6. The molecule has 198 valence electrons. The molecule has 1 aromatic carbocycles. The number of methoxy groups -OCH3 is 1. The average molecular weight is 499 g/mol. The molecule has 2 amide bonds. The Hall–Kier alpha value is -2.38. The van der Waals surface area contributed by atoms with Crippen molar-refractivity contribution in [1.29, 1.82) is 0 Å². The highest BCUT2D eigenvalue weighted by atomic mass is 16.5. The molecule has 1 saturated heterocycles. The predicted molar refractivity (Wildman–Crippen MR) is 142 cm³/mol. The molecule has 4 rings (SSSR count). The molecule has 1 aromatic rings. The summed E-state index contributed by atoms with van der Waals surface area (Å²) >= 11 is 0. The Bertz CT molecular complexity index is 947. The molecule has 2 fully saturated rings. The van der Waals surface area contributed by atoms with Crippen LogP contribution in [-0.2, 0) is 14.3 Å². The molecule has 1 spiro atoms. The van der Waals surface area contributed by atoms with Gasteiger partial charge in [-0.3, -0.25) is 9.59 Å². The molecule has 36 heavy (non-hydrogen) atoms. The molecular formula is C29H42N2O5. The molecule has 0 atom stereocenters. The predicted octanol–water partition coefficient (Wildman–Crippen LogP) is 5.21. The van der Waals surface area contributed by atoms with E-state index in [4.69, 9.17) is 14.2 Å². The Morgan fingerprint density at radius 2 is 1.94 bits per heavy atom. The molecule has 0 unspecified atom stereocenters. The van der Waals surface area contributed by atoms with E-state index in [1.807, 2.05) is 21.9 Å². The molecule has 2 heterocycles. The van der Waals surface area contributed by atoms with Crippen LogP contribution in [-0.4, -0.2) is 67.9 Å². The smallest absolute Gasteiger partial charge is 0.271 e. The van der Waals surface area contributed by atoms with Crippen LogP contribution in [0.4, 0.5) is 5.69 Å². The van der Waals surface area contributed by atoms with Crippen molar-refractivity contribution in [3.63, 3.8) is 0 Å². The summed E-state index contributed by atoms with van der Waals surface area (Å²) in [6.07, 6.45) is 10.0. The summed E-state index contributed by atoms with van der Waals surface area (Å²) in [5.41, 5.74) is 1.10. The minimum absolute atomic E-state index is 0.00716. The van der Waals surface area contributed by atoms with Crippen LogP contribution < -0.4 is 9.64 Å². The van der Waals surface area contributed by atoms with Crippen LogP contribution in [0.1, 0.15) is 87.6 Å². The zero-order valence-corrected chi connectivity index (χ0v) is 22.2.